The van der Waals surface area contributed by atoms with Crippen molar-refractivity contribution in [3.05, 3.63) is 70.0 Å². The zero-order valence-corrected chi connectivity index (χ0v) is 16.1. The second kappa shape index (κ2) is 8.58. The van der Waals surface area contributed by atoms with Gasteiger partial charge in [-0.15, -0.1) is 0 Å². The first-order chi connectivity index (χ1) is 13.5. The highest BCUT2D eigenvalue weighted by Crippen LogP contribution is 2.27. The number of aromatic nitrogens is 2. The Morgan fingerprint density at radius 3 is 2.64 bits per heavy atom. The fraction of sp³-hybridized carbons (Fsp3) is 0.150. The lowest BCUT2D eigenvalue weighted by atomic mass is 10.1. The SMILES string of the molecule is COc1cccc(-c2ccc(=O)n(CC(=O)Nc3ccc(OC)c(Cl)c3)n2)c1. The molecule has 8 heteroatoms. The quantitative estimate of drug-likeness (QED) is 0.688. The van der Waals surface area contributed by atoms with Crippen LogP contribution in [0.2, 0.25) is 5.02 Å². The second-order valence-electron chi connectivity index (χ2n) is 5.84. The number of ether oxygens (including phenoxy) is 2. The van der Waals surface area contributed by atoms with Gasteiger partial charge in [0.25, 0.3) is 5.56 Å². The zero-order chi connectivity index (χ0) is 20.1. The summed E-state index contributed by atoms with van der Waals surface area (Å²) in [4.78, 5) is 24.5. The number of halogens is 1. The van der Waals surface area contributed by atoms with Crippen LogP contribution < -0.4 is 20.3 Å². The van der Waals surface area contributed by atoms with Gasteiger partial charge in [0.1, 0.15) is 18.0 Å². The lowest BCUT2D eigenvalue weighted by molar-refractivity contribution is -0.117. The second-order valence-corrected chi connectivity index (χ2v) is 6.25. The molecule has 0 spiro atoms. The maximum absolute atomic E-state index is 12.3. The number of hydrogen-bond donors (Lipinski definition) is 1. The van der Waals surface area contributed by atoms with Gasteiger partial charge in [-0.3, -0.25) is 9.59 Å². The van der Waals surface area contributed by atoms with Crippen LogP contribution in [-0.4, -0.2) is 29.9 Å². The third kappa shape index (κ3) is 4.50. The highest BCUT2D eigenvalue weighted by atomic mass is 35.5. The first-order valence-corrected chi connectivity index (χ1v) is 8.74. The van der Waals surface area contributed by atoms with Gasteiger partial charge in [0, 0.05) is 17.3 Å². The summed E-state index contributed by atoms with van der Waals surface area (Å²) in [5.74, 6) is 0.772. The van der Waals surface area contributed by atoms with Crippen molar-refractivity contribution in [2.75, 3.05) is 19.5 Å². The minimum absolute atomic E-state index is 0.236. The number of nitrogens with zero attached hydrogens (tertiary/aromatic N) is 2. The summed E-state index contributed by atoms with van der Waals surface area (Å²) in [6, 6.07) is 15.1. The molecule has 0 atom stereocenters. The van der Waals surface area contributed by atoms with E-state index in [4.69, 9.17) is 21.1 Å². The minimum Gasteiger partial charge on any atom is -0.497 e. The van der Waals surface area contributed by atoms with Crippen LogP contribution in [0.1, 0.15) is 0 Å². The van der Waals surface area contributed by atoms with Gasteiger partial charge in [-0.2, -0.15) is 5.10 Å². The maximum atomic E-state index is 12.3. The van der Waals surface area contributed by atoms with E-state index in [-0.39, 0.29) is 12.1 Å². The van der Waals surface area contributed by atoms with E-state index >= 15 is 0 Å². The van der Waals surface area contributed by atoms with E-state index in [2.05, 4.69) is 10.4 Å². The number of carbonyl (C=O) groups excluding carboxylic acids is 1. The average Bonchev–Trinajstić information content (AvgIpc) is 2.70. The van der Waals surface area contributed by atoms with Crippen LogP contribution in [0.4, 0.5) is 5.69 Å². The van der Waals surface area contributed by atoms with Gasteiger partial charge < -0.3 is 14.8 Å². The molecule has 0 saturated heterocycles. The van der Waals surface area contributed by atoms with Crippen molar-refractivity contribution in [3.8, 4) is 22.8 Å². The molecule has 0 fully saturated rings. The van der Waals surface area contributed by atoms with Gasteiger partial charge in [0.2, 0.25) is 5.91 Å². The molecule has 0 radical (unpaired) electrons. The third-order valence-corrected chi connectivity index (χ3v) is 4.26. The molecular weight excluding hydrogens is 382 g/mol. The van der Waals surface area contributed by atoms with Crippen LogP contribution in [0.25, 0.3) is 11.3 Å². The van der Waals surface area contributed by atoms with Crippen LogP contribution in [0.5, 0.6) is 11.5 Å². The lowest BCUT2D eigenvalue weighted by Crippen LogP contribution is -2.29. The summed E-state index contributed by atoms with van der Waals surface area (Å²) >= 11 is 6.06. The Labute approximate surface area is 166 Å². The largest absolute Gasteiger partial charge is 0.497 e. The number of hydrogen-bond acceptors (Lipinski definition) is 5. The molecule has 1 N–H and O–H groups in total. The average molecular weight is 400 g/mol. The number of anilines is 1. The predicted octanol–water partition coefficient (Wildman–Crippen LogP) is 3.22. The van der Waals surface area contributed by atoms with Gasteiger partial charge >= 0.3 is 0 Å². The third-order valence-electron chi connectivity index (χ3n) is 3.96. The molecule has 2 aromatic carbocycles. The van der Waals surface area contributed by atoms with Crippen molar-refractivity contribution < 1.29 is 14.3 Å². The number of methoxy groups -OCH3 is 2. The topological polar surface area (TPSA) is 82.5 Å². The summed E-state index contributed by atoms with van der Waals surface area (Å²) in [5.41, 5.74) is 1.44. The number of benzene rings is 2. The van der Waals surface area contributed by atoms with E-state index in [0.29, 0.717) is 27.9 Å². The first-order valence-electron chi connectivity index (χ1n) is 8.36. The molecule has 28 heavy (non-hydrogen) atoms. The molecular formula is C20H18ClN3O4. The van der Waals surface area contributed by atoms with Crippen LogP contribution in [-0.2, 0) is 11.3 Å². The van der Waals surface area contributed by atoms with Crippen molar-refractivity contribution in [2.45, 2.75) is 6.54 Å². The normalized spacial score (nSPS) is 10.4. The smallest absolute Gasteiger partial charge is 0.267 e. The van der Waals surface area contributed by atoms with Gasteiger partial charge in [-0.1, -0.05) is 23.7 Å². The molecule has 0 bridgehead atoms. The molecule has 3 aromatic rings. The van der Waals surface area contributed by atoms with E-state index < -0.39 is 5.91 Å². The van der Waals surface area contributed by atoms with E-state index in [9.17, 15) is 9.59 Å². The van der Waals surface area contributed by atoms with Crippen LogP contribution in [0, 0.1) is 0 Å². The van der Waals surface area contributed by atoms with Gasteiger partial charge in [-0.05, 0) is 36.4 Å². The molecule has 1 aromatic heterocycles. The fourth-order valence-electron chi connectivity index (χ4n) is 2.58. The molecule has 1 heterocycles. The molecule has 3 rings (SSSR count). The molecule has 1 amide bonds. The van der Waals surface area contributed by atoms with Crippen molar-refractivity contribution in [3.63, 3.8) is 0 Å². The molecule has 0 aliphatic heterocycles. The molecule has 0 saturated carbocycles. The summed E-state index contributed by atoms with van der Waals surface area (Å²) in [6.45, 7) is -0.236. The van der Waals surface area contributed by atoms with Gasteiger partial charge in [0.05, 0.1) is 24.9 Å². The Balaban J connectivity index is 1.79. The summed E-state index contributed by atoms with van der Waals surface area (Å²) in [6.07, 6.45) is 0. The molecule has 0 unspecified atom stereocenters. The van der Waals surface area contributed by atoms with E-state index in [1.54, 1.807) is 37.4 Å². The Hall–Kier alpha value is -3.32. The zero-order valence-electron chi connectivity index (χ0n) is 15.3. The molecule has 7 nitrogen and oxygen atoms in total. The van der Waals surface area contributed by atoms with Crippen LogP contribution in [0.3, 0.4) is 0 Å². The summed E-state index contributed by atoms with van der Waals surface area (Å²) in [7, 11) is 3.08. The minimum atomic E-state index is -0.404. The van der Waals surface area contributed by atoms with Crippen molar-refractivity contribution in [1.29, 1.82) is 0 Å². The number of carbonyl (C=O) groups is 1. The van der Waals surface area contributed by atoms with Crippen LogP contribution >= 0.6 is 11.6 Å². The van der Waals surface area contributed by atoms with E-state index in [1.165, 1.54) is 13.2 Å². The van der Waals surface area contributed by atoms with Crippen LogP contribution in [0.15, 0.2) is 59.4 Å². The number of nitrogens with one attached hydrogen (secondary N) is 1. The highest BCUT2D eigenvalue weighted by molar-refractivity contribution is 6.32. The monoisotopic (exact) mass is 399 g/mol. The lowest BCUT2D eigenvalue weighted by Gasteiger charge is -2.10. The molecule has 0 aliphatic carbocycles. The van der Waals surface area contributed by atoms with Gasteiger partial charge in [-0.25, -0.2) is 4.68 Å². The van der Waals surface area contributed by atoms with Crippen molar-refractivity contribution in [2.24, 2.45) is 0 Å². The molecule has 0 aliphatic rings. The maximum Gasteiger partial charge on any atom is 0.267 e. The Morgan fingerprint density at radius 1 is 1.11 bits per heavy atom. The Bertz CT molecular complexity index is 1070. The van der Waals surface area contributed by atoms with Crippen molar-refractivity contribution in [1.82, 2.24) is 9.78 Å². The Morgan fingerprint density at radius 2 is 1.93 bits per heavy atom. The Kier molecular flexibility index (Phi) is 5.96. The fourth-order valence-corrected chi connectivity index (χ4v) is 2.84. The van der Waals surface area contributed by atoms with Crippen molar-refractivity contribution >= 4 is 23.2 Å². The molecule has 144 valence electrons. The standard InChI is InChI=1S/C20H18ClN3O4/c1-27-15-5-3-4-13(10-15)17-7-9-20(26)24(23-17)12-19(25)22-14-6-8-18(28-2)16(21)11-14/h3-11H,12H2,1-2H3,(H,22,25). The summed E-state index contributed by atoms with van der Waals surface area (Å²) < 4.78 is 11.4. The first kappa shape index (κ1) is 19.4. The van der Waals surface area contributed by atoms with E-state index in [1.807, 2.05) is 18.2 Å². The van der Waals surface area contributed by atoms with E-state index in [0.717, 1.165) is 10.2 Å². The van der Waals surface area contributed by atoms with Gasteiger partial charge in [0.15, 0.2) is 0 Å². The number of amides is 1. The highest BCUT2D eigenvalue weighted by Gasteiger charge is 2.10. The summed E-state index contributed by atoms with van der Waals surface area (Å²) in [5, 5.41) is 7.35. The predicted molar refractivity (Wildman–Crippen MR) is 107 cm³/mol. The number of rotatable bonds is 6.